The molecular formula is C16H24BrN. The van der Waals surface area contributed by atoms with Gasteiger partial charge in [0.2, 0.25) is 0 Å². The first-order valence-corrected chi connectivity index (χ1v) is 7.69. The van der Waals surface area contributed by atoms with Gasteiger partial charge in [0.1, 0.15) is 0 Å². The van der Waals surface area contributed by atoms with Gasteiger partial charge in [0, 0.05) is 4.47 Å². The highest BCUT2D eigenvalue weighted by Gasteiger charge is 2.37. The zero-order chi connectivity index (χ0) is 13.2. The van der Waals surface area contributed by atoms with E-state index < -0.39 is 0 Å². The molecule has 2 N–H and O–H groups in total. The van der Waals surface area contributed by atoms with E-state index in [0.29, 0.717) is 10.8 Å². The Bertz CT molecular complexity index is 384. The zero-order valence-electron chi connectivity index (χ0n) is 11.5. The Labute approximate surface area is 119 Å². The van der Waals surface area contributed by atoms with Crippen LogP contribution in [0.4, 0.5) is 0 Å². The minimum absolute atomic E-state index is 0.337. The average Bonchev–Trinajstić information content (AvgIpc) is 2.35. The van der Waals surface area contributed by atoms with Gasteiger partial charge in [0.25, 0.3) is 0 Å². The molecule has 100 valence electrons. The summed E-state index contributed by atoms with van der Waals surface area (Å²) in [6, 6.07) is 8.71. The first-order valence-electron chi connectivity index (χ1n) is 6.89. The summed E-state index contributed by atoms with van der Waals surface area (Å²) in [5.41, 5.74) is 8.36. The molecule has 1 aliphatic rings. The molecule has 0 radical (unpaired) electrons. The minimum Gasteiger partial charge on any atom is -0.330 e. The van der Waals surface area contributed by atoms with Crippen LogP contribution in [0, 0.1) is 10.8 Å². The zero-order valence-corrected chi connectivity index (χ0v) is 13.1. The van der Waals surface area contributed by atoms with Crippen LogP contribution in [0.3, 0.4) is 0 Å². The lowest BCUT2D eigenvalue weighted by molar-refractivity contribution is 0.108. The van der Waals surface area contributed by atoms with Gasteiger partial charge in [-0.2, -0.15) is 0 Å². The van der Waals surface area contributed by atoms with Crippen molar-refractivity contribution < 1.29 is 0 Å². The summed E-state index contributed by atoms with van der Waals surface area (Å²) in [5.74, 6) is 0. The molecule has 0 saturated heterocycles. The predicted molar refractivity (Wildman–Crippen MR) is 81.6 cm³/mol. The monoisotopic (exact) mass is 309 g/mol. The first kappa shape index (κ1) is 14.1. The highest BCUT2D eigenvalue weighted by atomic mass is 79.9. The molecule has 0 atom stereocenters. The Morgan fingerprint density at radius 3 is 2.11 bits per heavy atom. The lowest BCUT2D eigenvalue weighted by Gasteiger charge is -2.43. The maximum Gasteiger partial charge on any atom is 0.0175 e. The number of nitrogens with two attached hydrogens (primary N) is 1. The topological polar surface area (TPSA) is 26.0 Å². The van der Waals surface area contributed by atoms with Crippen LogP contribution in [0.1, 0.15) is 45.1 Å². The van der Waals surface area contributed by atoms with Crippen LogP contribution in [0.15, 0.2) is 28.7 Å². The summed E-state index contributed by atoms with van der Waals surface area (Å²) in [6.07, 6.45) is 6.29. The Balaban J connectivity index is 2.07. The van der Waals surface area contributed by atoms with Gasteiger partial charge in [-0.05, 0) is 67.2 Å². The molecule has 0 bridgehead atoms. The molecule has 1 saturated carbocycles. The molecule has 2 heteroatoms. The molecule has 1 aromatic rings. The van der Waals surface area contributed by atoms with Crippen LogP contribution in [-0.4, -0.2) is 6.54 Å². The third-order valence-corrected chi connectivity index (χ3v) is 5.12. The van der Waals surface area contributed by atoms with E-state index in [1.165, 1.54) is 31.2 Å². The van der Waals surface area contributed by atoms with Crippen LogP contribution < -0.4 is 5.73 Å². The molecule has 1 nitrogen and oxygen atoms in total. The van der Waals surface area contributed by atoms with E-state index in [1.54, 1.807) is 0 Å². The van der Waals surface area contributed by atoms with E-state index >= 15 is 0 Å². The Kier molecular flexibility index (Phi) is 4.18. The van der Waals surface area contributed by atoms with Crippen molar-refractivity contribution >= 4 is 15.9 Å². The second-order valence-corrected chi connectivity index (χ2v) is 7.59. The molecule has 0 aromatic heterocycles. The Hall–Kier alpha value is -0.340. The highest BCUT2D eigenvalue weighted by Crippen LogP contribution is 2.46. The molecule has 0 amide bonds. The van der Waals surface area contributed by atoms with Crippen LogP contribution >= 0.6 is 15.9 Å². The number of benzene rings is 1. The van der Waals surface area contributed by atoms with E-state index in [-0.39, 0.29) is 0 Å². The Morgan fingerprint density at radius 1 is 1.06 bits per heavy atom. The molecule has 1 fully saturated rings. The van der Waals surface area contributed by atoms with Gasteiger partial charge in [0.15, 0.2) is 0 Å². The van der Waals surface area contributed by atoms with Crippen molar-refractivity contribution in [3.63, 3.8) is 0 Å². The van der Waals surface area contributed by atoms with Crippen LogP contribution in [0.25, 0.3) is 0 Å². The summed E-state index contributed by atoms with van der Waals surface area (Å²) in [7, 11) is 0. The van der Waals surface area contributed by atoms with Gasteiger partial charge in [-0.3, -0.25) is 0 Å². The number of halogens is 1. The smallest absolute Gasteiger partial charge is 0.0175 e. The SMILES string of the molecule is CC1(C)CCC(CN)(Cc2ccc(Br)cc2)CC1. The molecular weight excluding hydrogens is 286 g/mol. The number of rotatable bonds is 3. The second-order valence-electron chi connectivity index (χ2n) is 6.67. The van der Waals surface area contributed by atoms with E-state index in [9.17, 15) is 0 Å². The molecule has 18 heavy (non-hydrogen) atoms. The van der Waals surface area contributed by atoms with Crippen molar-refractivity contribution in [2.45, 2.75) is 46.0 Å². The van der Waals surface area contributed by atoms with Crippen molar-refractivity contribution in [1.29, 1.82) is 0 Å². The largest absolute Gasteiger partial charge is 0.330 e. The normalized spacial score (nSPS) is 21.8. The lowest BCUT2D eigenvalue weighted by atomic mass is 9.63. The fourth-order valence-corrected chi connectivity index (χ4v) is 3.21. The summed E-state index contributed by atoms with van der Waals surface area (Å²) in [5, 5.41) is 0. The van der Waals surface area contributed by atoms with Crippen LogP contribution in [0.5, 0.6) is 0 Å². The summed E-state index contributed by atoms with van der Waals surface area (Å²) in [6.45, 7) is 5.58. The quantitative estimate of drug-likeness (QED) is 0.871. The van der Waals surface area contributed by atoms with E-state index in [2.05, 4.69) is 54.0 Å². The maximum absolute atomic E-state index is 6.10. The fraction of sp³-hybridized carbons (Fsp3) is 0.625. The molecule has 1 aliphatic carbocycles. The first-order chi connectivity index (χ1) is 8.45. The van der Waals surface area contributed by atoms with Gasteiger partial charge in [-0.1, -0.05) is 41.9 Å². The van der Waals surface area contributed by atoms with Crippen molar-refractivity contribution in [3.8, 4) is 0 Å². The van der Waals surface area contributed by atoms with E-state index in [0.717, 1.165) is 17.4 Å². The standard InChI is InChI=1S/C16H24BrN/c1-15(2)7-9-16(12-18,10-8-15)11-13-3-5-14(17)6-4-13/h3-6H,7-12,18H2,1-2H3. The summed E-state index contributed by atoms with van der Waals surface area (Å²) >= 11 is 3.49. The maximum atomic E-state index is 6.10. The Morgan fingerprint density at radius 2 is 1.61 bits per heavy atom. The summed E-state index contributed by atoms with van der Waals surface area (Å²) in [4.78, 5) is 0. The molecule has 0 heterocycles. The molecule has 0 unspecified atom stereocenters. The van der Waals surface area contributed by atoms with Gasteiger partial charge in [-0.25, -0.2) is 0 Å². The van der Waals surface area contributed by atoms with Crippen molar-refractivity contribution in [3.05, 3.63) is 34.3 Å². The fourth-order valence-electron chi connectivity index (χ4n) is 2.95. The minimum atomic E-state index is 0.337. The van der Waals surface area contributed by atoms with Crippen LogP contribution in [0.2, 0.25) is 0 Å². The summed E-state index contributed by atoms with van der Waals surface area (Å²) < 4.78 is 1.15. The molecule has 0 spiro atoms. The molecule has 0 aliphatic heterocycles. The second kappa shape index (κ2) is 5.34. The van der Waals surface area contributed by atoms with E-state index in [4.69, 9.17) is 5.73 Å². The predicted octanol–water partition coefficient (Wildman–Crippen LogP) is 4.54. The van der Waals surface area contributed by atoms with Crippen molar-refractivity contribution in [1.82, 2.24) is 0 Å². The van der Waals surface area contributed by atoms with Crippen LogP contribution in [-0.2, 0) is 6.42 Å². The van der Waals surface area contributed by atoms with Gasteiger partial charge >= 0.3 is 0 Å². The van der Waals surface area contributed by atoms with E-state index in [1.807, 2.05) is 0 Å². The average molecular weight is 310 g/mol. The molecule has 1 aromatic carbocycles. The third kappa shape index (κ3) is 3.36. The van der Waals surface area contributed by atoms with Gasteiger partial charge < -0.3 is 5.73 Å². The van der Waals surface area contributed by atoms with Crippen molar-refractivity contribution in [2.75, 3.05) is 6.54 Å². The van der Waals surface area contributed by atoms with Crippen molar-refractivity contribution in [2.24, 2.45) is 16.6 Å². The third-order valence-electron chi connectivity index (χ3n) is 4.59. The number of hydrogen-bond acceptors (Lipinski definition) is 1. The number of hydrogen-bond donors (Lipinski definition) is 1. The lowest BCUT2D eigenvalue weighted by Crippen LogP contribution is -2.38. The highest BCUT2D eigenvalue weighted by molar-refractivity contribution is 9.10. The van der Waals surface area contributed by atoms with Gasteiger partial charge in [0.05, 0.1) is 0 Å². The molecule has 2 rings (SSSR count). The van der Waals surface area contributed by atoms with Gasteiger partial charge in [-0.15, -0.1) is 0 Å².